The zero-order chi connectivity index (χ0) is 15.5. The van der Waals surface area contributed by atoms with Gasteiger partial charge in [0.15, 0.2) is 5.78 Å². The number of carboxylic acids is 1. The summed E-state index contributed by atoms with van der Waals surface area (Å²) in [6.45, 7) is 2.10. The van der Waals surface area contributed by atoms with Crippen molar-refractivity contribution in [3.8, 4) is 0 Å². The second kappa shape index (κ2) is 10.4. The van der Waals surface area contributed by atoms with Gasteiger partial charge in [-0.2, -0.15) is 0 Å². The summed E-state index contributed by atoms with van der Waals surface area (Å²) < 4.78 is 0. The number of rotatable bonds is 11. The Morgan fingerprint density at radius 3 is 2.62 bits per heavy atom. The topological polar surface area (TPSA) is 57.2 Å². The molecular weight excluding hydrogens is 264 g/mol. The van der Waals surface area contributed by atoms with E-state index in [9.17, 15) is 14.7 Å². The van der Waals surface area contributed by atoms with Gasteiger partial charge in [-0.1, -0.05) is 50.8 Å². The SMILES string of the molecule is CC/C=C/C[C@H]1C(=O)C=C[C@@H]1CCCCCCCC(=O)[O-]. The van der Waals surface area contributed by atoms with Gasteiger partial charge in [0.1, 0.15) is 0 Å². The summed E-state index contributed by atoms with van der Waals surface area (Å²) in [6.07, 6.45) is 16.1. The average molecular weight is 291 g/mol. The highest BCUT2D eigenvalue weighted by atomic mass is 16.4. The molecule has 1 rings (SSSR count). The van der Waals surface area contributed by atoms with E-state index in [1.165, 1.54) is 0 Å². The molecule has 0 saturated carbocycles. The summed E-state index contributed by atoms with van der Waals surface area (Å²) in [5.41, 5.74) is 0. The van der Waals surface area contributed by atoms with Crippen LogP contribution >= 0.6 is 0 Å². The van der Waals surface area contributed by atoms with Crippen LogP contribution in [0.1, 0.15) is 64.7 Å². The number of aliphatic carboxylic acids is 1. The van der Waals surface area contributed by atoms with Crippen molar-refractivity contribution in [1.29, 1.82) is 0 Å². The van der Waals surface area contributed by atoms with Gasteiger partial charge >= 0.3 is 0 Å². The minimum atomic E-state index is -0.951. The summed E-state index contributed by atoms with van der Waals surface area (Å²) in [5, 5.41) is 10.3. The van der Waals surface area contributed by atoms with Crippen LogP contribution in [0.4, 0.5) is 0 Å². The normalized spacial score (nSPS) is 21.5. The fourth-order valence-electron chi connectivity index (χ4n) is 2.86. The average Bonchev–Trinajstić information content (AvgIpc) is 2.79. The van der Waals surface area contributed by atoms with Crippen molar-refractivity contribution in [2.24, 2.45) is 11.8 Å². The molecule has 0 saturated heterocycles. The number of ketones is 1. The van der Waals surface area contributed by atoms with Gasteiger partial charge in [-0.15, -0.1) is 0 Å². The van der Waals surface area contributed by atoms with E-state index in [1.807, 2.05) is 0 Å². The molecule has 3 heteroatoms. The fraction of sp³-hybridized carbons (Fsp3) is 0.667. The predicted molar refractivity (Wildman–Crippen MR) is 82.5 cm³/mol. The molecule has 0 amide bonds. The van der Waals surface area contributed by atoms with Crippen LogP contribution in [0.25, 0.3) is 0 Å². The molecule has 0 aromatic heterocycles. The Balaban J connectivity index is 2.15. The van der Waals surface area contributed by atoms with E-state index in [4.69, 9.17) is 0 Å². The zero-order valence-electron chi connectivity index (χ0n) is 13.1. The molecule has 0 spiro atoms. The monoisotopic (exact) mass is 291 g/mol. The molecule has 0 heterocycles. The quantitative estimate of drug-likeness (QED) is 0.434. The molecule has 0 unspecified atom stereocenters. The first kappa shape index (κ1) is 17.7. The van der Waals surface area contributed by atoms with Gasteiger partial charge in [0.05, 0.1) is 0 Å². The van der Waals surface area contributed by atoms with Crippen molar-refractivity contribution in [2.75, 3.05) is 0 Å². The van der Waals surface area contributed by atoms with Crippen LogP contribution in [0.3, 0.4) is 0 Å². The smallest absolute Gasteiger partial charge is 0.159 e. The van der Waals surface area contributed by atoms with Crippen LogP contribution in [0.2, 0.25) is 0 Å². The van der Waals surface area contributed by atoms with Crippen LogP contribution in [-0.2, 0) is 9.59 Å². The molecule has 2 atom stereocenters. The standard InChI is InChI=1S/C18H28O3/c1-2-3-7-11-16-15(13-14-17(16)19)10-8-5-4-6-9-12-18(20)21/h3,7,13-16H,2,4-6,8-12H2,1H3,(H,20,21)/p-1/b7-3+/t15-,16+/m0/s1. The maximum absolute atomic E-state index is 11.8. The van der Waals surface area contributed by atoms with Crippen molar-refractivity contribution in [3.63, 3.8) is 0 Å². The van der Waals surface area contributed by atoms with Crippen molar-refractivity contribution in [1.82, 2.24) is 0 Å². The Labute approximate surface area is 128 Å². The third-order valence-corrected chi connectivity index (χ3v) is 4.10. The van der Waals surface area contributed by atoms with Gasteiger partial charge in [0, 0.05) is 11.9 Å². The van der Waals surface area contributed by atoms with Gasteiger partial charge in [0.2, 0.25) is 0 Å². The Hall–Kier alpha value is -1.38. The molecule has 1 aliphatic rings. The summed E-state index contributed by atoms with van der Waals surface area (Å²) >= 11 is 0. The highest BCUT2D eigenvalue weighted by Crippen LogP contribution is 2.30. The van der Waals surface area contributed by atoms with E-state index in [1.54, 1.807) is 6.08 Å². The number of hydrogen-bond donors (Lipinski definition) is 0. The number of unbranched alkanes of at least 4 members (excludes halogenated alkanes) is 4. The summed E-state index contributed by atoms with van der Waals surface area (Å²) in [6, 6.07) is 0. The van der Waals surface area contributed by atoms with Gasteiger partial charge in [-0.3, -0.25) is 4.79 Å². The Morgan fingerprint density at radius 1 is 1.19 bits per heavy atom. The van der Waals surface area contributed by atoms with Crippen LogP contribution in [0.5, 0.6) is 0 Å². The summed E-state index contributed by atoms with van der Waals surface area (Å²) in [7, 11) is 0. The molecule has 0 bridgehead atoms. The second-order valence-electron chi connectivity index (χ2n) is 5.83. The maximum atomic E-state index is 11.8. The molecule has 1 aliphatic carbocycles. The van der Waals surface area contributed by atoms with Crippen molar-refractivity contribution < 1.29 is 14.7 Å². The number of allylic oxidation sites excluding steroid dienone is 4. The number of carbonyl (C=O) groups is 2. The predicted octanol–water partition coefficient (Wildman–Crippen LogP) is 3.19. The first-order valence-corrected chi connectivity index (χ1v) is 8.22. The van der Waals surface area contributed by atoms with Crippen molar-refractivity contribution >= 4 is 11.8 Å². The van der Waals surface area contributed by atoms with Crippen LogP contribution in [0, 0.1) is 11.8 Å². The molecule has 0 N–H and O–H groups in total. The summed E-state index contributed by atoms with van der Waals surface area (Å²) in [4.78, 5) is 22.1. The summed E-state index contributed by atoms with van der Waals surface area (Å²) in [5.74, 6) is -0.143. The number of carbonyl (C=O) groups excluding carboxylic acids is 2. The van der Waals surface area contributed by atoms with Gasteiger partial charge in [0.25, 0.3) is 0 Å². The second-order valence-corrected chi connectivity index (χ2v) is 5.83. The molecule has 0 radical (unpaired) electrons. The lowest BCUT2D eigenvalue weighted by molar-refractivity contribution is -0.305. The number of carboxylic acid groups (broad SMARTS) is 1. The third kappa shape index (κ3) is 7.26. The Morgan fingerprint density at radius 2 is 1.90 bits per heavy atom. The minimum absolute atomic E-state index is 0.144. The van der Waals surface area contributed by atoms with Crippen LogP contribution < -0.4 is 5.11 Å². The van der Waals surface area contributed by atoms with Crippen molar-refractivity contribution in [3.05, 3.63) is 24.3 Å². The molecule has 0 aromatic rings. The van der Waals surface area contributed by atoms with E-state index >= 15 is 0 Å². The largest absolute Gasteiger partial charge is 0.550 e. The third-order valence-electron chi connectivity index (χ3n) is 4.10. The Bertz CT molecular complexity index is 382. The molecule has 0 fully saturated rings. The van der Waals surface area contributed by atoms with Crippen LogP contribution in [0.15, 0.2) is 24.3 Å². The zero-order valence-corrected chi connectivity index (χ0v) is 13.1. The molecule has 118 valence electrons. The molecule has 0 aromatic carbocycles. The molecular formula is C18H27O3-. The van der Waals surface area contributed by atoms with E-state index in [2.05, 4.69) is 25.2 Å². The maximum Gasteiger partial charge on any atom is 0.159 e. The van der Waals surface area contributed by atoms with Crippen molar-refractivity contribution in [2.45, 2.75) is 64.7 Å². The molecule has 21 heavy (non-hydrogen) atoms. The van der Waals surface area contributed by atoms with Crippen LogP contribution in [-0.4, -0.2) is 11.8 Å². The molecule has 0 aliphatic heterocycles. The fourth-order valence-corrected chi connectivity index (χ4v) is 2.86. The minimum Gasteiger partial charge on any atom is -0.550 e. The lowest BCUT2D eigenvalue weighted by Gasteiger charge is -2.16. The van der Waals surface area contributed by atoms with E-state index in [0.29, 0.717) is 12.3 Å². The number of hydrogen-bond acceptors (Lipinski definition) is 3. The van der Waals surface area contributed by atoms with Gasteiger partial charge in [-0.05, 0) is 44.1 Å². The molecule has 3 nitrogen and oxygen atoms in total. The Kier molecular flexibility index (Phi) is 8.72. The highest BCUT2D eigenvalue weighted by Gasteiger charge is 2.28. The first-order chi connectivity index (χ1) is 10.1. The van der Waals surface area contributed by atoms with E-state index < -0.39 is 5.97 Å². The first-order valence-electron chi connectivity index (χ1n) is 8.22. The van der Waals surface area contributed by atoms with Gasteiger partial charge in [-0.25, -0.2) is 0 Å². The lowest BCUT2D eigenvalue weighted by atomic mass is 9.87. The van der Waals surface area contributed by atoms with E-state index in [0.717, 1.165) is 44.9 Å². The highest BCUT2D eigenvalue weighted by molar-refractivity contribution is 5.94. The van der Waals surface area contributed by atoms with Gasteiger partial charge < -0.3 is 9.90 Å². The lowest BCUT2D eigenvalue weighted by Crippen LogP contribution is -2.21. The van der Waals surface area contributed by atoms with E-state index in [-0.39, 0.29) is 18.1 Å².